The molecule has 3 aromatic carbocycles. The van der Waals surface area contributed by atoms with Crippen molar-refractivity contribution in [2.75, 3.05) is 0 Å². The summed E-state index contributed by atoms with van der Waals surface area (Å²) in [4.78, 5) is 28.9. The van der Waals surface area contributed by atoms with Crippen LogP contribution in [0.3, 0.4) is 0 Å². The van der Waals surface area contributed by atoms with Crippen LogP contribution in [0.2, 0.25) is 0 Å². The molecule has 31 heavy (non-hydrogen) atoms. The summed E-state index contributed by atoms with van der Waals surface area (Å²) in [6.07, 6.45) is 0.888. The number of fused-ring (bicyclic) bond motifs is 3. The van der Waals surface area contributed by atoms with E-state index in [0.717, 1.165) is 17.5 Å². The Labute approximate surface area is 182 Å². The Hall–Kier alpha value is -3.53. The number of oxime groups is 1. The molecule has 0 fully saturated rings. The van der Waals surface area contributed by atoms with Crippen molar-refractivity contribution >= 4 is 17.5 Å². The van der Waals surface area contributed by atoms with Crippen molar-refractivity contribution in [3.8, 4) is 11.1 Å². The predicted molar refractivity (Wildman–Crippen MR) is 122 cm³/mol. The average molecular weight is 412 g/mol. The topological polar surface area (TPSA) is 55.7 Å². The van der Waals surface area contributed by atoms with Gasteiger partial charge in [0.25, 0.3) is 0 Å². The highest BCUT2D eigenvalue weighted by Crippen LogP contribution is 2.51. The van der Waals surface area contributed by atoms with Gasteiger partial charge in [0.2, 0.25) is 0 Å². The van der Waals surface area contributed by atoms with Gasteiger partial charge in [-0.15, -0.1) is 0 Å². The smallest absolute Gasteiger partial charge is 0.318 e. The molecule has 3 aromatic rings. The van der Waals surface area contributed by atoms with Gasteiger partial charge in [0.05, 0.1) is 5.71 Å². The first-order valence-corrected chi connectivity index (χ1v) is 10.5. The molecule has 0 spiro atoms. The zero-order valence-corrected chi connectivity index (χ0v) is 18.2. The fourth-order valence-corrected chi connectivity index (χ4v) is 4.31. The first-order valence-electron chi connectivity index (χ1n) is 10.5. The minimum absolute atomic E-state index is 0.0304. The van der Waals surface area contributed by atoms with Crippen LogP contribution in [0.5, 0.6) is 0 Å². The summed E-state index contributed by atoms with van der Waals surface area (Å²) in [5, 5.41) is 3.94. The Balaban J connectivity index is 1.78. The van der Waals surface area contributed by atoms with Gasteiger partial charge in [-0.3, -0.25) is 4.79 Å². The number of benzene rings is 3. The van der Waals surface area contributed by atoms with E-state index in [9.17, 15) is 9.59 Å². The lowest BCUT2D eigenvalue weighted by atomic mass is 9.77. The van der Waals surface area contributed by atoms with Crippen LogP contribution >= 0.6 is 0 Å². The van der Waals surface area contributed by atoms with E-state index in [1.165, 1.54) is 23.6 Å². The summed E-state index contributed by atoms with van der Waals surface area (Å²) in [6, 6.07) is 21.6. The third kappa shape index (κ3) is 3.59. The maximum absolute atomic E-state index is 13.0. The van der Waals surface area contributed by atoms with E-state index >= 15 is 0 Å². The van der Waals surface area contributed by atoms with Crippen molar-refractivity contribution in [1.29, 1.82) is 0 Å². The van der Waals surface area contributed by atoms with Gasteiger partial charge in [0.15, 0.2) is 5.78 Å². The SMILES string of the molecule is CCC1(C)c2cc(C(=O)c3ccccc3)ccc2-c2ccc(/C(C)=N\OC(C)=O)cc21. The quantitative estimate of drug-likeness (QED) is 0.227. The van der Waals surface area contributed by atoms with E-state index in [1.54, 1.807) is 0 Å². The second kappa shape index (κ2) is 7.95. The molecular weight excluding hydrogens is 386 g/mol. The number of nitrogens with zero attached hydrogens (tertiary/aromatic N) is 1. The van der Waals surface area contributed by atoms with Crippen molar-refractivity contribution < 1.29 is 14.4 Å². The molecule has 1 unspecified atom stereocenters. The Morgan fingerprint density at radius 1 is 0.839 bits per heavy atom. The summed E-state index contributed by atoms with van der Waals surface area (Å²) in [5.41, 5.74) is 7.41. The van der Waals surface area contributed by atoms with Crippen molar-refractivity contribution in [1.82, 2.24) is 0 Å². The first kappa shape index (κ1) is 20.7. The summed E-state index contributed by atoms with van der Waals surface area (Å²) < 4.78 is 0. The average Bonchev–Trinajstić information content (AvgIpc) is 3.05. The molecule has 4 heteroatoms. The number of carbonyl (C=O) groups is 2. The molecule has 0 aliphatic heterocycles. The Kier molecular flexibility index (Phi) is 5.32. The second-order valence-electron chi connectivity index (χ2n) is 8.16. The summed E-state index contributed by atoms with van der Waals surface area (Å²) in [6.45, 7) is 7.54. The molecule has 0 radical (unpaired) electrons. The molecule has 0 bridgehead atoms. The zero-order chi connectivity index (χ0) is 22.2. The van der Waals surface area contributed by atoms with Crippen LogP contribution in [0.25, 0.3) is 11.1 Å². The van der Waals surface area contributed by atoms with E-state index in [1.807, 2.05) is 55.5 Å². The van der Waals surface area contributed by atoms with Crippen molar-refractivity contribution in [2.24, 2.45) is 5.16 Å². The number of hydrogen-bond acceptors (Lipinski definition) is 4. The van der Waals surface area contributed by atoms with E-state index in [2.05, 4.69) is 37.2 Å². The first-order chi connectivity index (χ1) is 14.8. The van der Waals surface area contributed by atoms with Gasteiger partial charge < -0.3 is 4.84 Å². The minimum Gasteiger partial charge on any atom is -0.318 e. The number of hydrogen-bond donors (Lipinski definition) is 0. The molecular formula is C27H25NO3. The normalized spacial score (nSPS) is 17.1. The van der Waals surface area contributed by atoms with Gasteiger partial charge in [-0.2, -0.15) is 0 Å². The Morgan fingerprint density at radius 2 is 1.42 bits per heavy atom. The van der Waals surface area contributed by atoms with Gasteiger partial charge in [-0.25, -0.2) is 4.79 Å². The maximum atomic E-state index is 13.0. The molecule has 0 saturated carbocycles. The fraction of sp³-hybridized carbons (Fsp3) is 0.222. The summed E-state index contributed by atoms with van der Waals surface area (Å²) in [7, 11) is 0. The van der Waals surface area contributed by atoms with E-state index in [-0.39, 0.29) is 11.2 Å². The Bertz CT molecular complexity index is 1210. The molecule has 0 amide bonds. The van der Waals surface area contributed by atoms with Crippen molar-refractivity contribution in [3.05, 3.63) is 94.5 Å². The monoisotopic (exact) mass is 411 g/mol. The van der Waals surface area contributed by atoms with Gasteiger partial charge in [-0.1, -0.05) is 73.6 Å². The van der Waals surface area contributed by atoms with Crippen molar-refractivity contribution in [2.45, 2.75) is 39.5 Å². The zero-order valence-electron chi connectivity index (χ0n) is 18.2. The number of carbonyl (C=O) groups excluding carboxylic acids is 2. The highest BCUT2D eigenvalue weighted by atomic mass is 16.7. The third-order valence-corrected chi connectivity index (χ3v) is 6.25. The fourth-order valence-electron chi connectivity index (χ4n) is 4.31. The molecule has 4 rings (SSSR count). The molecule has 1 aliphatic carbocycles. The largest absolute Gasteiger partial charge is 0.331 e. The molecule has 156 valence electrons. The van der Waals surface area contributed by atoms with Crippen LogP contribution < -0.4 is 0 Å². The van der Waals surface area contributed by atoms with Gasteiger partial charge >= 0.3 is 5.97 Å². The predicted octanol–water partition coefficient (Wildman–Crippen LogP) is 5.90. The highest BCUT2D eigenvalue weighted by Gasteiger charge is 2.38. The lowest BCUT2D eigenvalue weighted by molar-refractivity contribution is -0.140. The lowest BCUT2D eigenvalue weighted by Crippen LogP contribution is -2.20. The van der Waals surface area contributed by atoms with E-state index in [4.69, 9.17) is 4.84 Å². The molecule has 0 aromatic heterocycles. The van der Waals surface area contributed by atoms with Crippen LogP contribution in [-0.2, 0) is 15.0 Å². The van der Waals surface area contributed by atoms with Crippen molar-refractivity contribution in [3.63, 3.8) is 0 Å². The molecule has 1 aliphatic rings. The van der Waals surface area contributed by atoms with Crippen LogP contribution in [0, 0.1) is 0 Å². The Morgan fingerprint density at radius 3 is 2.00 bits per heavy atom. The molecule has 1 atom stereocenters. The van der Waals surface area contributed by atoms with E-state index < -0.39 is 5.97 Å². The summed E-state index contributed by atoms with van der Waals surface area (Å²) >= 11 is 0. The third-order valence-electron chi connectivity index (χ3n) is 6.25. The molecule has 0 N–H and O–H groups in total. The minimum atomic E-state index is -0.443. The maximum Gasteiger partial charge on any atom is 0.331 e. The van der Waals surface area contributed by atoms with Crippen LogP contribution in [0.15, 0.2) is 71.9 Å². The van der Waals surface area contributed by atoms with Crippen LogP contribution in [-0.4, -0.2) is 17.5 Å². The molecule has 0 saturated heterocycles. The van der Waals surface area contributed by atoms with Gasteiger partial charge in [0.1, 0.15) is 0 Å². The van der Waals surface area contributed by atoms with Crippen LogP contribution in [0.4, 0.5) is 0 Å². The molecule has 0 heterocycles. The van der Waals surface area contributed by atoms with E-state index in [0.29, 0.717) is 16.8 Å². The highest BCUT2D eigenvalue weighted by molar-refractivity contribution is 6.09. The van der Waals surface area contributed by atoms with Gasteiger partial charge in [0, 0.05) is 23.5 Å². The second-order valence-corrected chi connectivity index (χ2v) is 8.16. The molecule has 4 nitrogen and oxygen atoms in total. The van der Waals surface area contributed by atoms with Crippen LogP contribution in [0.1, 0.15) is 66.7 Å². The standard InChI is InChI=1S/C27H25NO3/c1-5-27(4)24-15-20(17(2)28-31-18(3)29)11-13-22(24)23-14-12-21(16-25(23)27)26(30)19-9-7-6-8-10-19/h6-16H,5H2,1-4H3/b28-17-. The number of rotatable bonds is 5. The summed E-state index contributed by atoms with van der Waals surface area (Å²) in [5.74, 6) is -0.412. The van der Waals surface area contributed by atoms with Gasteiger partial charge in [-0.05, 0) is 53.3 Å². The lowest BCUT2D eigenvalue weighted by Gasteiger charge is -2.26. The number of ketones is 1.